The van der Waals surface area contributed by atoms with Gasteiger partial charge in [0.05, 0.1) is 31.5 Å². The molecule has 1 aromatic carbocycles. The van der Waals surface area contributed by atoms with Gasteiger partial charge in [-0.1, -0.05) is 0 Å². The molecule has 4 nitrogen and oxygen atoms in total. The van der Waals surface area contributed by atoms with Crippen LogP contribution in [0.3, 0.4) is 0 Å². The number of aromatic nitrogens is 1. The molecule has 0 saturated carbocycles. The smallest absolute Gasteiger partial charge is 0.141 e. The first kappa shape index (κ1) is 14.3. The molecule has 0 spiro atoms. The van der Waals surface area contributed by atoms with Crippen molar-refractivity contribution in [2.75, 3.05) is 21.3 Å². The number of hydrogen-bond acceptors (Lipinski definition) is 5. The zero-order chi connectivity index (χ0) is 13.8. The monoisotopic (exact) mass is 342 g/mol. The Morgan fingerprint density at radius 1 is 1.32 bits per heavy atom. The molecule has 19 heavy (non-hydrogen) atoms. The fourth-order valence-electron chi connectivity index (χ4n) is 1.97. The summed E-state index contributed by atoms with van der Waals surface area (Å²) in [6.45, 7) is 0. The lowest BCUT2D eigenvalue weighted by Crippen LogP contribution is -2.19. The van der Waals surface area contributed by atoms with Gasteiger partial charge in [-0.05, 0) is 35.1 Å². The van der Waals surface area contributed by atoms with E-state index in [-0.39, 0.29) is 6.04 Å². The van der Waals surface area contributed by atoms with Crippen molar-refractivity contribution in [3.05, 3.63) is 38.8 Å². The minimum atomic E-state index is -0.0107. The molecule has 1 N–H and O–H groups in total. The lowest BCUT2D eigenvalue weighted by atomic mass is 10.0. The topological polar surface area (TPSA) is 43.4 Å². The van der Waals surface area contributed by atoms with E-state index in [0.717, 1.165) is 27.2 Å². The molecule has 0 aliphatic heterocycles. The molecule has 0 aliphatic carbocycles. The van der Waals surface area contributed by atoms with E-state index >= 15 is 0 Å². The van der Waals surface area contributed by atoms with E-state index in [9.17, 15) is 0 Å². The van der Waals surface area contributed by atoms with E-state index in [4.69, 9.17) is 9.47 Å². The number of ether oxygens (including phenoxy) is 2. The first-order valence-corrected chi connectivity index (χ1v) is 7.42. The first-order valence-electron chi connectivity index (χ1n) is 5.68. The average Bonchev–Trinajstić information content (AvgIpc) is 2.94. The van der Waals surface area contributed by atoms with Crippen molar-refractivity contribution >= 4 is 27.3 Å². The Morgan fingerprint density at radius 3 is 2.63 bits per heavy atom. The van der Waals surface area contributed by atoms with Gasteiger partial charge < -0.3 is 14.8 Å². The van der Waals surface area contributed by atoms with Crippen LogP contribution in [0, 0.1) is 0 Å². The molecule has 1 aromatic heterocycles. The van der Waals surface area contributed by atoms with Gasteiger partial charge in [0, 0.05) is 10.9 Å². The second kappa shape index (κ2) is 6.36. The van der Waals surface area contributed by atoms with Gasteiger partial charge in [-0.2, -0.15) is 0 Å². The zero-order valence-electron chi connectivity index (χ0n) is 10.9. The van der Waals surface area contributed by atoms with Gasteiger partial charge in [0.2, 0.25) is 0 Å². The first-order chi connectivity index (χ1) is 9.22. The van der Waals surface area contributed by atoms with Crippen LogP contribution in [0.5, 0.6) is 11.5 Å². The standard InChI is InChI=1S/C13H15BrN2O2S/c1-15-12(9-6-19-7-16-9)8-4-5-10(17-2)11(14)13(8)18-3/h4-7,12,15H,1-3H3. The fraction of sp³-hybridized carbons (Fsp3) is 0.308. The Morgan fingerprint density at radius 2 is 2.11 bits per heavy atom. The maximum Gasteiger partial charge on any atom is 0.141 e. The van der Waals surface area contributed by atoms with E-state index in [1.165, 1.54) is 0 Å². The summed E-state index contributed by atoms with van der Waals surface area (Å²) < 4.78 is 11.6. The van der Waals surface area contributed by atoms with E-state index in [1.807, 2.05) is 30.1 Å². The quantitative estimate of drug-likeness (QED) is 0.905. The van der Waals surface area contributed by atoms with Gasteiger partial charge in [-0.3, -0.25) is 0 Å². The normalized spacial score (nSPS) is 12.2. The van der Waals surface area contributed by atoms with E-state index in [0.29, 0.717) is 0 Å². The van der Waals surface area contributed by atoms with Crippen molar-refractivity contribution < 1.29 is 9.47 Å². The van der Waals surface area contributed by atoms with Gasteiger partial charge in [0.15, 0.2) is 0 Å². The van der Waals surface area contributed by atoms with Crippen molar-refractivity contribution in [2.45, 2.75) is 6.04 Å². The van der Waals surface area contributed by atoms with Crippen LogP contribution in [0.1, 0.15) is 17.3 Å². The molecule has 1 atom stereocenters. The number of nitrogens with one attached hydrogen (secondary N) is 1. The molecule has 0 aliphatic rings. The number of benzene rings is 1. The van der Waals surface area contributed by atoms with Gasteiger partial charge in [-0.15, -0.1) is 11.3 Å². The van der Waals surface area contributed by atoms with Crippen LogP contribution < -0.4 is 14.8 Å². The van der Waals surface area contributed by atoms with Gasteiger partial charge >= 0.3 is 0 Å². The average molecular weight is 343 g/mol. The highest BCUT2D eigenvalue weighted by Crippen LogP contribution is 2.40. The molecule has 0 saturated heterocycles. The lowest BCUT2D eigenvalue weighted by molar-refractivity contribution is 0.383. The van der Waals surface area contributed by atoms with Crippen molar-refractivity contribution in [3.63, 3.8) is 0 Å². The van der Waals surface area contributed by atoms with Crippen LogP contribution in [0.2, 0.25) is 0 Å². The predicted octanol–water partition coefficient (Wildman–Crippen LogP) is 3.23. The third-order valence-corrected chi connectivity index (χ3v) is 4.22. The molecule has 0 fully saturated rings. The Balaban J connectivity index is 2.52. The summed E-state index contributed by atoms with van der Waals surface area (Å²) in [7, 11) is 5.19. The molecular weight excluding hydrogens is 328 g/mol. The summed E-state index contributed by atoms with van der Waals surface area (Å²) in [5, 5.41) is 5.29. The van der Waals surface area contributed by atoms with Gasteiger partial charge in [0.25, 0.3) is 0 Å². The number of rotatable bonds is 5. The summed E-state index contributed by atoms with van der Waals surface area (Å²) in [5.74, 6) is 1.50. The minimum Gasteiger partial charge on any atom is -0.495 e. The van der Waals surface area contributed by atoms with Crippen LogP contribution >= 0.6 is 27.3 Å². The van der Waals surface area contributed by atoms with Crippen molar-refractivity contribution in [2.24, 2.45) is 0 Å². The van der Waals surface area contributed by atoms with Gasteiger partial charge in [-0.25, -0.2) is 4.98 Å². The van der Waals surface area contributed by atoms with Gasteiger partial charge in [0.1, 0.15) is 16.0 Å². The van der Waals surface area contributed by atoms with Crippen molar-refractivity contribution in [1.82, 2.24) is 10.3 Å². The minimum absolute atomic E-state index is 0.0107. The third-order valence-electron chi connectivity index (χ3n) is 2.86. The molecule has 0 amide bonds. The summed E-state index contributed by atoms with van der Waals surface area (Å²) in [4.78, 5) is 4.37. The number of methoxy groups -OCH3 is 2. The van der Waals surface area contributed by atoms with E-state index in [1.54, 1.807) is 25.6 Å². The Labute approximate surface area is 124 Å². The SMILES string of the molecule is CNC(c1cscn1)c1ccc(OC)c(Br)c1OC. The molecule has 1 unspecified atom stereocenters. The van der Waals surface area contributed by atoms with E-state index < -0.39 is 0 Å². The fourth-order valence-corrected chi connectivity index (χ4v) is 3.24. The maximum absolute atomic E-state index is 5.51. The summed E-state index contributed by atoms with van der Waals surface area (Å²) >= 11 is 5.09. The van der Waals surface area contributed by atoms with Crippen molar-refractivity contribution in [1.29, 1.82) is 0 Å². The third kappa shape index (κ3) is 2.75. The highest BCUT2D eigenvalue weighted by molar-refractivity contribution is 9.10. The van der Waals surface area contributed by atoms with E-state index in [2.05, 4.69) is 26.2 Å². The number of nitrogens with zero attached hydrogens (tertiary/aromatic N) is 1. The van der Waals surface area contributed by atoms with Crippen LogP contribution in [0.15, 0.2) is 27.5 Å². The Hall–Kier alpha value is -1.11. The molecule has 1 heterocycles. The summed E-state index contributed by atoms with van der Waals surface area (Å²) in [6.07, 6.45) is 0. The second-order valence-corrected chi connectivity index (χ2v) is 5.35. The molecule has 0 bridgehead atoms. The molecule has 6 heteroatoms. The largest absolute Gasteiger partial charge is 0.495 e. The highest BCUT2D eigenvalue weighted by Gasteiger charge is 2.21. The van der Waals surface area contributed by atoms with Crippen LogP contribution in [0.25, 0.3) is 0 Å². The number of thiazole rings is 1. The van der Waals surface area contributed by atoms with Crippen LogP contribution in [-0.2, 0) is 0 Å². The molecule has 0 radical (unpaired) electrons. The molecule has 102 valence electrons. The predicted molar refractivity (Wildman–Crippen MR) is 80.3 cm³/mol. The van der Waals surface area contributed by atoms with Crippen LogP contribution in [-0.4, -0.2) is 26.3 Å². The summed E-state index contributed by atoms with van der Waals surface area (Å²) in [6, 6.07) is 3.89. The van der Waals surface area contributed by atoms with Crippen molar-refractivity contribution in [3.8, 4) is 11.5 Å². The molecule has 2 rings (SSSR count). The molecule has 2 aromatic rings. The summed E-state index contributed by atoms with van der Waals surface area (Å²) in [5.41, 5.74) is 3.82. The second-order valence-electron chi connectivity index (χ2n) is 3.84. The zero-order valence-corrected chi connectivity index (χ0v) is 13.3. The Kier molecular flexibility index (Phi) is 4.79. The number of hydrogen-bond donors (Lipinski definition) is 1. The lowest BCUT2D eigenvalue weighted by Gasteiger charge is -2.19. The molecular formula is C13H15BrN2O2S. The van der Waals surface area contributed by atoms with Crippen LogP contribution in [0.4, 0.5) is 0 Å². The highest BCUT2D eigenvalue weighted by atomic mass is 79.9. The number of halogens is 1. The maximum atomic E-state index is 5.51. The Bertz CT molecular complexity index is 546.